The third-order valence-electron chi connectivity index (χ3n) is 4.84. The Labute approximate surface area is 149 Å². The van der Waals surface area contributed by atoms with Crippen molar-refractivity contribution in [2.45, 2.75) is 26.3 Å². The molecule has 2 aliphatic rings. The van der Waals surface area contributed by atoms with Gasteiger partial charge in [0.1, 0.15) is 17.3 Å². The van der Waals surface area contributed by atoms with Gasteiger partial charge >= 0.3 is 0 Å². The van der Waals surface area contributed by atoms with Crippen LogP contribution in [0.5, 0.6) is 5.75 Å². The van der Waals surface area contributed by atoms with Crippen LogP contribution in [-0.4, -0.2) is 5.54 Å². The van der Waals surface area contributed by atoms with Crippen LogP contribution in [0.3, 0.4) is 0 Å². The van der Waals surface area contributed by atoms with Crippen LogP contribution in [0.1, 0.15) is 31.9 Å². The second-order valence-electron chi connectivity index (χ2n) is 6.74. The minimum atomic E-state index is -0.265. The first-order valence-corrected chi connectivity index (χ1v) is 8.75. The minimum absolute atomic E-state index is 0.0982. The molecule has 0 saturated carbocycles. The summed E-state index contributed by atoms with van der Waals surface area (Å²) in [6.07, 6.45) is 2.19. The average Bonchev–Trinajstić information content (AvgIpc) is 2.54. The Balaban J connectivity index is 2.04. The fraction of sp³-hybridized carbons (Fsp3) is 0.200. The summed E-state index contributed by atoms with van der Waals surface area (Å²) < 4.78 is 19.8. The summed E-state index contributed by atoms with van der Waals surface area (Å²) in [5, 5.41) is 3.58. The van der Waals surface area contributed by atoms with Gasteiger partial charge in [-0.2, -0.15) is 0 Å². The van der Waals surface area contributed by atoms with Crippen LogP contribution in [0.15, 0.2) is 40.9 Å². The van der Waals surface area contributed by atoms with E-state index in [0.29, 0.717) is 5.75 Å². The van der Waals surface area contributed by atoms with Gasteiger partial charge in [0.15, 0.2) is 0 Å². The summed E-state index contributed by atoms with van der Waals surface area (Å²) >= 11 is 3.41. The van der Waals surface area contributed by atoms with Crippen LogP contribution in [-0.2, 0) is 0 Å². The van der Waals surface area contributed by atoms with Gasteiger partial charge in [0.25, 0.3) is 0 Å². The van der Waals surface area contributed by atoms with Gasteiger partial charge in [-0.05, 0) is 56.2 Å². The fourth-order valence-corrected chi connectivity index (χ4v) is 3.57. The Morgan fingerprint density at radius 2 is 1.96 bits per heavy atom. The van der Waals surface area contributed by atoms with E-state index in [1.807, 2.05) is 6.07 Å². The molecule has 2 nitrogen and oxygen atoms in total. The van der Waals surface area contributed by atoms with E-state index in [-0.39, 0.29) is 11.4 Å². The van der Waals surface area contributed by atoms with Gasteiger partial charge in [0, 0.05) is 27.4 Å². The second-order valence-corrected chi connectivity index (χ2v) is 7.20. The summed E-state index contributed by atoms with van der Waals surface area (Å²) in [6, 6.07) is 8.71. The first-order chi connectivity index (χ1) is 11.4. The molecule has 0 saturated heterocycles. The van der Waals surface area contributed by atoms with Gasteiger partial charge in [-0.3, -0.25) is 0 Å². The molecule has 0 aliphatic carbocycles. The lowest BCUT2D eigenvalue weighted by Crippen LogP contribution is -2.35. The molecule has 0 unspecified atom stereocenters. The molecule has 2 heterocycles. The smallest absolute Gasteiger partial charge is 0.142 e. The summed E-state index contributed by atoms with van der Waals surface area (Å²) in [5.74, 6) is 1.13. The quantitative estimate of drug-likeness (QED) is 0.583. The lowest BCUT2D eigenvalue weighted by atomic mass is 9.84. The van der Waals surface area contributed by atoms with Crippen molar-refractivity contribution in [1.29, 1.82) is 0 Å². The van der Waals surface area contributed by atoms with E-state index in [1.165, 1.54) is 17.7 Å². The highest BCUT2D eigenvalue weighted by Gasteiger charge is 2.31. The van der Waals surface area contributed by atoms with Gasteiger partial charge in [-0.15, -0.1) is 0 Å². The molecule has 2 aromatic rings. The molecule has 0 aromatic heterocycles. The molecule has 24 heavy (non-hydrogen) atoms. The number of benzene rings is 2. The summed E-state index contributed by atoms with van der Waals surface area (Å²) in [6.45, 7) is 6.43. The molecule has 2 aromatic carbocycles. The SMILES string of the molecule is CC1=Cc2c(ccc3c2/C(=C/Br)Oc2ccc(F)cc2-3)NC1(C)C. The van der Waals surface area contributed by atoms with Crippen molar-refractivity contribution in [3.05, 3.63) is 57.8 Å². The van der Waals surface area contributed by atoms with Crippen molar-refractivity contribution < 1.29 is 9.13 Å². The van der Waals surface area contributed by atoms with Crippen molar-refractivity contribution in [2.24, 2.45) is 0 Å². The summed E-state index contributed by atoms with van der Waals surface area (Å²) in [4.78, 5) is 1.78. The van der Waals surface area contributed by atoms with Crippen LogP contribution >= 0.6 is 15.9 Å². The lowest BCUT2D eigenvalue weighted by Gasteiger charge is -2.36. The Kier molecular flexibility index (Phi) is 3.36. The predicted octanol–water partition coefficient (Wildman–Crippen LogP) is 6.19. The Morgan fingerprint density at radius 3 is 2.71 bits per heavy atom. The van der Waals surface area contributed by atoms with E-state index in [9.17, 15) is 4.39 Å². The number of hydrogen-bond acceptors (Lipinski definition) is 2. The number of fused-ring (bicyclic) bond motifs is 5. The highest BCUT2D eigenvalue weighted by molar-refractivity contribution is 9.11. The van der Waals surface area contributed by atoms with Gasteiger partial charge in [0.2, 0.25) is 0 Å². The number of anilines is 1. The number of ether oxygens (including phenoxy) is 1. The molecule has 0 spiro atoms. The molecule has 4 rings (SSSR count). The maximum absolute atomic E-state index is 13.8. The molecule has 0 amide bonds. The van der Waals surface area contributed by atoms with Crippen molar-refractivity contribution >= 4 is 33.5 Å². The highest BCUT2D eigenvalue weighted by Crippen LogP contribution is 2.48. The summed E-state index contributed by atoms with van der Waals surface area (Å²) in [5.41, 5.74) is 6.00. The standard InChI is InChI=1S/C20H17BrFNO/c1-11-8-15-16(23-20(11,2)3)6-5-13-14-9-12(22)4-7-17(14)24-18(10-21)19(13)15/h4-10,23H,1-3H3/b18-10-. The van der Waals surface area contributed by atoms with Gasteiger partial charge in [-0.1, -0.05) is 28.1 Å². The van der Waals surface area contributed by atoms with Crippen molar-refractivity contribution in [1.82, 2.24) is 0 Å². The molecular formula is C20H17BrFNO. The van der Waals surface area contributed by atoms with Crippen molar-refractivity contribution in [2.75, 3.05) is 5.32 Å². The molecule has 0 radical (unpaired) electrons. The molecule has 0 atom stereocenters. The largest absolute Gasteiger partial charge is 0.455 e. The van der Waals surface area contributed by atoms with E-state index >= 15 is 0 Å². The Bertz CT molecular complexity index is 927. The van der Waals surface area contributed by atoms with Gasteiger partial charge in [-0.25, -0.2) is 4.39 Å². The van der Waals surface area contributed by atoms with Crippen LogP contribution in [0, 0.1) is 5.82 Å². The Hall–Kier alpha value is -2.07. The zero-order valence-electron chi connectivity index (χ0n) is 13.7. The molecular weight excluding hydrogens is 369 g/mol. The third-order valence-corrected chi connectivity index (χ3v) is 5.25. The van der Waals surface area contributed by atoms with Crippen molar-refractivity contribution in [3.8, 4) is 16.9 Å². The van der Waals surface area contributed by atoms with Crippen LogP contribution in [0.2, 0.25) is 0 Å². The number of rotatable bonds is 0. The molecule has 0 bridgehead atoms. The predicted molar refractivity (Wildman–Crippen MR) is 101 cm³/mol. The normalized spacial score (nSPS) is 18.7. The lowest BCUT2D eigenvalue weighted by molar-refractivity contribution is 0.509. The first kappa shape index (κ1) is 15.5. The van der Waals surface area contributed by atoms with E-state index < -0.39 is 0 Å². The van der Waals surface area contributed by atoms with Crippen LogP contribution in [0.25, 0.3) is 23.0 Å². The number of halogens is 2. The van der Waals surface area contributed by atoms with E-state index in [0.717, 1.165) is 33.7 Å². The maximum Gasteiger partial charge on any atom is 0.142 e. The Morgan fingerprint density at radius 1 is 1.17 bits per heavy atom. The van der Waals surface area contributed by atoms with E-state index in [1.54, 1.807) is 11.1 Å². The fourth-order valence-electron chi connectivity index (χ4n) is 3.25. The zero-order chi connectivity index (χ0) is 17.1. The average molecular weight is 386 g/mol. The second kappa shape index (κ2) is 5.21. The minimum Gasteiger partial charge on any atom is -0.455 e. The van der Waals surface area contributed by atoms with E-state index in [2.05, 4.69) is 54.2 Å². The van der Waals surface area contributed by atoms with Crippen LogP contribution in [0.4, 0.5) is 10.1 Å². The molecule has 2 aliphatic heterocycles. The molecule has 1 N–H and O–H groups in total. The molecule has 4 heteroatoms. The number of hydrogen-bond donors (Lipinski definition) is 1. The van der Waals surface area contributed by atoms with Gasteiger partial charge in [0.05, 0.1) is 5.54 Å². The monoisotopic (exact) mass is 385 g/mol. The first-order valence-electron chi connectivity index (χ1n) is 7.83. The zero-order valence-corrected chi connectivity index (χ0v) is 15.3. The number of nitrogens with one attached hydrogen (secondary N) is 1. The van der Waals surface area contributed by atoms with Gasteiger partial charge < -0.3 is 10.1 Å². The topological polar surface area (TPSA) is 21.3 Å². The molecule has 122 valence electrons. The molecule has 0 fully saturated rings. The third kappa shape index (κ3) is 2.20. The van der Waals surface area contributed by atoms with Crippen LogP contribution < -0.4 is 10.1 Å². The highest BCUT2D eigenvalue weighted by atomic mass is 79.9. The van der Waals surface area contributed by atoms with Crippen molar-refractivity contribution in [3.63, 3.8) is 0 Å². The van der Waals surface area contributed by atoms with E-state index in [4.69, 9.17) is 4.74 Å². The summed E-state index contributed by atoms with van der Waals surface area (Å²) in [7, 11) is 0. The maximum atomic E-state index is 13.8.